The van der Waals surface area contributed by atoms with Gasteiger partial charge in [-0.25, -0.2) is 13.2 Å². The number of nitrogens with one attached hydrogen (secondary N) is 2. The first kappa shape index (κ1) is 20.0. The fourth-order valence-electron chi connectivity index (χ4n) is 2.08. The number of rotatable bonds is 8. The van der Waals surface area contributed by atoms with Gasteiger partial charge in [-0.2, -0.15) is 0 Å². The van der Waals surface area contributed by atoms with E-state index in [4.69, 9.17) is 0 Å². The lowest BCUT2D eigenvalue weighted by atomic mass is 10.1. The normalized spacial score (nSPS) is 12.1. The third-order valence-electron chi connectivity index (χ3n) is 3.18. The highest BCUT2D eigenvalue weighted by Gasteiger charge is 2.18. The molecule has 8 heteroatoms. The van der Waals surface area contributed by atoms with Gasteiger partial charge in [-0.05, 0) is 38.0 Å². The number of amides is 2. The van der Waals surface area contributed by atoms with Crippen molar-refractivity contribution in [3.8, 4) is 0 Å². The second kappa shape index (κ2) is 9.27. The second-order valence-corrected chi connectivity index (χ2v) is 5.68. The molecule has 0 saturated heterocycles. The van der Waals surface area contributed by atoms with Crippen LogP contribution in [0.1, 0.15) is 44.7 Å². The molecule has 3 N–H and O–H groups in total. The molecule has 0 saturated carbocycles. The molecule has 1 aromatic rings. The average Bonchev–Trinajstić information content (AvgIpc) is 2.49. The summed E-state index contributed by atoms with van der Waals surface area (Å²) in [5.74, 6) is -5.08. The Bertz CT molecular complexity index is 571. The molecule has 24 heavy (non-hydrogen) atoms. The van der Waals surface area contributed by atoms with Crippen molar-refractivity contribution in [1.29, 1.82) is 0 Å². The van der Waals surface area contributed by atoms with Crippen LogP contribution in [0.4, 0.5) is 13.2 Å². The van der Waals surface area contributed by atoms with Gasteiger partial charge in [-0.3, -0.25) is 9.59 Å². The third kappa shape index (κ3) is 6.19. The van der Waals surface area contributed by atoms with Gasteiger partial charge in [0, 0.05) is 18.9 Å². The molecule has 0 fully saturated rings. The van der Waals surface area contributed by atoms with Crippen LogP contribution in [0.5, 0.6) is 0 Å². The van der Waals surface area contributed by atoms with Crippen LogP contribution < -0.4 is 10.6 Å². The molecular formula is C16H21F3N2O3. The quantitative estimate of drug-likeness (QED) is 0.630. The molecule has 1 unspecified atom stereocenters. The van der Waals surface area contributed by atoms with Gasteiger partial charge >= 0.3 is 0 Å². The van der Waals surface area contributed by atoms with Crippen LogP contribution in [0, 0.1) is 17.5 Å². The summed E-state index contributed by atoms with van der Waals surface area (Å²) >= 11 is 0. The standard InChI is InChI=1S/C16H21F3N2O3/c1-9(2)20-14(23)4-3-5-15(24)21-13(8-22)10-6-11(17)16(19)12(18)7-10/h6-7,9,13,22H,3-5,8H2,1-2H3,(H,20,23)(H,21,24). The van der Waals surface area contributed by atoms with Crippen molar-refractivity contribution >= 4 is 11.8 Å². The number of carbonyl (C=O) groups excluding carboxylic acids is 2. The maximum absolute atomic E-state index is 13.2. The van der Waals surface area contributed by atoms with Gasteiger partial charge in [0.1, 0.15) is 0 Å². The highest BCUT2D eigenvalue weighted by Crippen LogP contribution is 2.19. The molecule has 0 bridgehead atoms. The number of carbonyl (C=O) groups is 2. The average molecular weight is 346 g/mol. The van der Waals surface area contributed by atoms with E-state index in [2.05, 4.69) is 10.6 Å². The minimum Gasteiger partial charge on any atom is -0.394 e. The SMILES string of the molecule is CC(C)NC(=O)CCCC(=O)NC(CO)c1cc(F)c(F)c(F)c1. The van der Waals surface area contributed by atoms with Crippen LogP contribution >= 0.6 is 0 Å². The fourth-order valence-corrected chi connectivity index (χ4v) is 2.08. The Morgan fingerprint density at radius 3 is 2.00 bits per heavy atom. The van der Waals surface area contributed by atoms with E-state index in [0.29, 0.717) is 0 Å². The number of hydrogen-bond donors (Lipinski definition) is 3. The van der Waals surface area contributed by atoms with Crippen molar-refractivity contribution in [3.63, 3.8) is 0 Å². The number of aliphatic hydroxyl groups excluding tert-OH is 1. The van der Waals surface area contributed by atoms with E-state index in [1.54, 1.807) is 0 Å². The lowest BCUT2D eigenvalue weighted by Gasteiger charge is -2.17. The molecule has 1 aromatic carbocycles. The van der Waals surface area contributed by atoms with Crippen LogP contribution in [0.15, 0.2) is 12.1 Å². The van der Waals surface area contributed by atoms with E-state index in [-0.39, 0.29) is 36.8 Å². The van der Waals surface area contributed by atoms with Crippen molar-refractivity contribution in [2.75, 3.05) is 6.61 Å². The summed E-state index contributed by atoms with van der Waals surface area (Å²) in [6.07, 6.45) is 0.456. The number of aliphatic hydroxyl groups is 1. The van der Waals surface area contributed by atoms with Crippen molar-refractivity contribution in [2.45, 2.75) is 45.2 Å². The van der Waals surface area contributed by atoms with Crippen molar-refractivity contribution in [3.05, 3.63) is 35.1 Å². The summed E-state index contributed by atoms with van der Waals surface area (Å²) in [5.41, 5.74) is -0.0835. The molecule has 0 aromatic heterocycles. The predicted octanol–water partition coefficient (Wildman–Crippen LogP) is 1.95. The highest BCUT2D eigenvalue weighted by atomic mass is 19.2. The fraction of sp³-hybridized carbons (Fsp3) is 0.500. The molecule has 5 nitrogen and oxygen atoms in total. The van der Waals surface area contributed by atoms with Crippen LogP contribution in [-0.2, 0) is 9.59 Å². The van der Waals surface area contributed by atoms with E-state index in [1.165, 1.54) is 0 Å². The minimum atomic E-state index is -1.61. The van der Waals surface area contributed by atoms with Crippen molar-refractivity contribution in [1.82, 2.24) is 10.6 Å². The zero-order valence-corrected chi connectivity index (χ0v) is 13.5. The van der Waals surface area contributed by atoms with E-state index in [9.17, 15) is 27.9 Å². The molecular weight excluding hydrogens is 325 g/mol. The van der Waals surface area contributed by atoms with Gasteiger partial charge in [0.25, 0.3) is 0 Å². The summed E-state index contributed by atoms with van der Waals surface area (Å²) in [7, 11) is 0. The summed E-state index contributed by atoms with van der Waals surface area (Å²) in [4.78, 5) is 23.3. The predicted molar refractivity (Wildman–Crippen MR) is 81.4 cm³/mol. The number of benzene rings is 1. The van der Waals surface area contributed by atoms with Crippen LogP contribution in [0.3, 0.4) is 0 Å². The van der Waals surface area contributed by atoms with Crippen molar-refractivity contribution in [2.24, 2.45) is 0 Å². The summed E-state index contributed by atoms with van der Waals surface area (Å²) < 4.78 is 39.4. The molecule has 0 spiro atoms. The Labute approximate surface area is 138 Å². The van der Waals surface area contributed by atoms with Gasteiger partial charge in [-0.1, -0.05) is 0 Å². The van der Waals surface area contributed by atoms with E-state index in [0.717, 1.165) is 12.1 Å². The Hall–Kier alpha value is -2.09. The molecule has 0 aliphatic heterocycles. The molecule has 0 aliphatic rings. The first-order valence-electron chi connectivity index (χ1n) is 7.58. The Balaban J connectivity index is 2.56. The maximum Gasteiger partial charge on any atom is 0.220 e. The van der Waals surface area contributed by atoms with E-state index >= 15 is 0 Å². The lowest BCUT2D eigenvalue weighted by Crippen LogP contribution is -2.32. The van der Waals surface area contributed by atoms with E-state index < -0.39 is 36.0 Å². The zero-order valence-electron chi connectivity index (χ0n) is 13.5. The van der Waals surface area contributed by atoms with E-state index in [1.807, 2.05) is 13.8 Å². The van der Waals surface area contributed by atoms with Gasteiger partial charge < -0.3 is 15.7 Å². The van der Waals surface area contributed by atoms with Gasteiger partial charge in [-0.15, -0.1) is 0 Å². The lowest BCUT2D eigenvalue weighted by molar-refractivity contribution is -0.123. The first-order valence-corrected chi connectivity index (χ1v) is 7.58. The van der Waals surface area contributed by atoms with Crippen LogP contribution in [0.25, 0.3) is 0 Å². The Kier molecular flexibility index (Phi) is 7.70. The maximum atomic E-state index is 13.2. The summed E-state index contributed by atoms with van der Waals surface area (Å²) in [6.45, 7) is 3.03. The molecule has 1 rings (SSSR count). The van der Waals surface area contributed by atoms with Crippen molar-refractivity contribution < 1.29 is 27.9 Å². The van der Waals surface area contributed by atoms with Crippen LogP contribution in [0.2, 0.25) is 0 Å². The summed E-state index contributed by atoms with van der Waals surface area (Å²) in [5, 5.41) is 14.4. The summed E-state index contributed by atoms with van der Waals surface area (Å²) in [6, 6.07) is 0.380. The van der Waals surface area contributed by atoms with Gasteiger partial charge in [0.2, 0.25) is 11.8 Å². The second-order valence-electron chi connectivity index (χ2n) is 5.68. The third-order valence-corrected chi connectivity index (χ3v) is 3.18. The monoisotopic (exact) mass is 346 g/mol. The van der Waals surface area contributed by atoms with Gasteiger partial charge in [0.05, 0.1) is 12.6 Å². The Morgan fingerprint density at radius 1 is 1.04 bits per heavy atom. The molecule has 0 radical (unpaired) electrons. The number of hydrogen-bond acceptors (Lipinski definition) is 3. The number of halogens is 3. The highest BCUT2D eigenvalue weighted by molar-refractivity contribution is 5.79. The minimum absolute atomic E-state index is 0.00775. The zero-order chi connectivity index (χ0) is 18.3. The largest absolute Gasteiger partial charge is 0.394 e. The van der Waals surface area contributed by atoms with Crippen LogP contribution in [-0.4, -0.2) is 29.6 Å². The Morgan fingerprint density at radius 2 is 1.54 bits per heavy atom. The molecule has 1 atom stereocenters. The first-order chi connectivity index (χ1) is 11.2. The molecule has 134 valence electrons. The molecule has 2 amide bonds. The molecule has 0 aliphatic carbocycles. The smallest absolute Gasteiger partial charge is 0.220 e. The molecule has 0 heterocycles. The van der Waals surface area contributed by atoms with Gasteiger partial charge in [0.15, 0.2) is 17.5 Å². The topological polar surface area (TPSA) is 78.4 Å².